The Kier molecular flexibility index (Phi) is 13.0. The molecule has 3 aliphatic rings. The summed E-state index contributed by atoms with van der Waals surface area (Å²) >= 11 is 6.18. The highest BCUT2D eigenvalue weighted by atomic mass is 35.5. The molecule has 56 heavy (non-hydrogen) atoms. The van der Waals surface area contributed by atoms with Gasteiger partial charge in [0, 0.05) is 68.3 Å². The third-order valence-corrected chi connectivity index (χ3v) is 12.7. The molecule has 3 saturated heterocycles. The molecule has 3 aliphatic heterocycles. The van der Waals surface area contributed by atoms with Gasteiger partial charge >= 0.3 is 0 Å². The molecule has 1 amide bonds. The Hall–Kier alpha value is -4.40. The molecule has 0 aromatic heterocycles. The minimum absolute atomic E-state index is 0.0370. The van der Waals surface area contributed by atoms with Crippen molar-refractivity contribution in [1.82, 2.24) is 9.62 Å². The number of piperidine rings is 2. The quantitative estimate of drug-likeness (QED) is 0.0976. The fourth-order valence-corrected chi connectivity index (χ4v) is 9.11. The maximum Gasteiger partial charge on any atom is 0.268 e. The van der Waals surface area contributed by atoms with Gasteiger partial charge in [-0.3, -0.25) is 20.4 Å². The molecule has 298 valence electrons. The molecule has 4 N–H and O–H groups in total. The highest BCUT2D eigenvalue weighted by molar-refractivity contribution is 7.90. The van der Waals surface area contributed by atoms with Crippen LogP contribution >= 0.6 is 11.6 Å². The molecule has 0 bridgehead atoms. The van der Waals surface area contributed by atoms with E-state index in [9.17, 15) is 22.8 Å². The van der Waals surface area contributed by atoms with Crippen LogP contribution in [0.1, 0.15) is 66.9 Å². The van der Waals surface area contributed by atoms with Crippen molar-refractivity contribution in [2.24, 2.45) is 11.8 Å². The number of ether oxygens (including phenoxy) is 2. The number of rotatable bonds is 13. The Bertz CT molecular complexity index is 2080. The molecule has 14 heteroatoms. The molecule has 1 atom stereocenters. The van der Waals surface area contributed by atoms with E-state index in [0.29, 0.717) is 43.3 Å². The summed E-state index contributed by atoms with van der Waals surface area (Å²) in [6, 6.07) is 23.4. The second kappa shape index (κ2) is 18.2. The fraction of sp³-hybridized carbons (Fsp3) is 0.405. The van der Waals surface area contributed by atoms with Crippen LogP contribution in [0.15, 0.2) is 89.8 Å². The molecule has 0 aliphatic carbocycles. The number of likely N-dealkylation sites (tertiary alicyclic amines) is 1. The lowest BCUT2D eigenvalue weighted by Gasteiger charge is -2.41. The predicted octanol–water partition coefficient (Wildman–Crippen LogP) is 8.47. The van der Waals surface area contributed by atoms with Gasteiger partial charge in [-0.15, -0.1) is 0 Å². The summed E-state index contributed by atoms with van der Waals surface area (Å²) < 4.78 is 54.9. The Morgan fingerprint density at radius 3 is 2.41 bits per heavy atom. The van der Waals surface area contributed by atoms with Crippen LogP contribution in [0.5, 0.6) is 11.5 Å². The third-order valence-electron chi connectivity index (χ3n) is 11.1. The molecular formula is C42H49ClFN5O6S. The molecule has 3 fully saturated rings. The Balaban J connectivity index is 1.04. The summed E-state index contributed by atoms with van der Waals surface area (Å²) in [5.74, 6) is -0.266. The molecule has 0 saturated carbocycles. The van der Waals surface area contributed by atoms with E-state index in [4.69, 9.17) is 21.1 Å². The van der Waals surface area contributed by atoms with Crippen LogP contribution in [-0.4, -0.2) is 70.4 Å². The first-order valence-corrected chi connectivity index (χ1v) is 21.3. The zero-order valence-electron chi connectivity index (χ0n) is 31.3. The van der Waals surface area contributed by atoms with E-state index in [1.807, 2.05) is 12.1 Å². The standard InChI is InChI=1S/C42H49ClFN5O6S/c43-32-9-7-31(8-10-32)40-6-1-2-19-49(40)28-30-15-20-48(21-16-30)34-11-13-37(41(25-34)55-35-5-3-4-33(44)24-35)42(50)47-56(52,53)36-12-14-38(39(26-36)46-51)45-27-29-17-22-54-23-18-29/h3-5,7-14,24-26,29-30,40,45-46,51H,1-2,6,15-23,27-28H2,(H,47,50). The minimum Gasteiger partial charge on any atom is -0.456 e. The number of benzene rings is 4. The number of anilines is 3. The molecular weight excluding hydrogens is 757 g/mol. The Morgan fingerprint density at radius 2 is 1.66 bits per heavy atom. The molecule has 3 heterocycles. The topological polar surface area (TPSA) is 132 Å². The number of sulfonamides is 1. The van der Waals surface area contributed by atoms with Crippen molar-refractivity contribution in [2.45, 2.75) is 55.9 Å². The van der Waals surface area contributed by atoms with Crippen LogP contribution in [0.3, 0.4) is 0 Å². The minimum atomic E-state index is -4.39. The first kappa shape index (κ1) is 39.8. The molecule has 7 rings (SSSR count). The van der Waals surface area contributed by atoms with E-state index >= 15 is 0 Å². The smallest absolute Gasteiger partial charge is 0.268 e. The van der Waals surface area contributed by atoms with Crippen LogP contribution in [0.25, 0.3) is 0 Å². The molecule has 1 unspecified atom stereocenters. The van der Waals surface area contributed by atoms with Gasteiger partial charge in [-0.2, -0.15) is 0 Å². The summed E-state index contributed by atoms with van der Waals surface area (Å²) in [7, 11) is -4.39. The number of nitrogens with zero attached hydrogens (tertiary/aromatic N) is 2. The normalized spacial score (nSPS) is 18.7. The van der Waals surface area contributed by atoms with Gasteiger partial charge in [0.15, 0.2) is 0 Å². The summed E-state index contributed by atoms with van der Waals surface area (Å²) in [4.78, 5) is 18.4. The van der Waals surface area contributed by atoms with Gasteiger partial charge in [-0.1, -0.05) is 36.2 Å². The average Bonchev–Trinajstić information content (AvgIpc) is 3.21. The summed E-state index contributed by atoms with van der Waals surface area (Å²) in [5.41, 5.74) is 4.82. The monoisotopic (exact) mass is 805 g/mol. The van der Waals surface area contributed by atoms with E-state index < -0.39 is 21.7 Å². The zero-order chi connectivity index (χ0) is 39.1. The Labute approximate surface area is 333 Å². The first-order chi connectivity index (χ1) is 27.1. The lowest BCUT2D eigenvalue weighted by atomic mass is 9.91. The van der Waals surface area contributed by atoms with Crippen molar-refractivity contribution in [3.05, 3.63) is 107 Å². The molecule has 11 nitrogen and oxygen atoms in total. The SMILES string of the molecule is O=C(NS(=O)(=O)c1ccc(NCC2CCOCC2)c(NO)c1)c1ccc(N2CCC(CN3CCCCC3c3ccc(Cl)cc3)CC2)cc1Oc1cccc(F)c1. The number of carbonyl (C=O) groups excluding carboxylic acids is 1. The summed E-state index contributed by atoms with van der Waals surface area (Å²) in [6.45, 7) is 5.71. The maximum absolute atomic E-state index is 14.2. The van der Waals surface area contributed by atoms with Crippen molar-refractivity contribution in [1.29, 1.82) is 0 Å². The van der Waals surface area contributed by atoms with Gasteiger partial charge in [-0.25, -0.2) is 17.5 Å². The first-order valence-electron chi connectivity index (χ1n) is 19.4. The van der Waals surface area contributed by atoms with Crippen LogP contribution in [0.2, 0.25) is 5.02 Å². The number of nitrogens with one attached hydrogen (secondary N) is 3. The number of hydrogen-bond donors (Lipinski definition) is 4. The van der Waals surface area contributed by atoms with Gasteiger partial charge in [0.05, 0.1) is 21.8 Å². The van der Waals surface area contributed by atoms with E-state index in [1.165, 1.54) is 60.9 Å². The van der Waals surface area contributed by atoms with Crippen LogP contribution in [0.4, 0.5) is 21.5 Å². The maximum atomic E-state index is 14.2. The summed E-state index contributed by atoms with van der Waals surface area (Å²) in [5, 5.41) is 13.8. The molecule has 4 aromatic carbocycles. The van der Waals surface area contributed by atoms with Crippen LogP contribution < -0.4 is 25.2 Å². The van der Waals surface area contributed by atoms with Crippen LogP contribution in [-0.2, 0) is 14.8 Å². The predicted molar refractivity (Wildman–Crippen MR) is 216 cm³/mol. The third kappa shape index (κ3) is 9.93. The van der Waals surface area contributed by atoms with E-state index in [2.05, 4.69) is 37.5 Å². The van der Waals surface area contributed by atoms with Gasteiger partial charge in [-0.05, 0) is 117 Å². The largest absolute Gasteiger partial charge is 0.456 e. The van der Waals surface area contributed by atoms with Crippen molar-refractivity contribution < 1.29 is 32.3 Å². The second-order valence-electron chi connectivity index (χ2n) is 14.9. The van der Waals surface area contributed by atoms with Crippen molar-refractivity contribution in [2.75, 3.05) is 61.6 Å². The zero-order valence-corrected chi connectivity index (χ0v) is 32.8. The molecule has 0 spiro atoms. The highest BCUT2D eigenvalue weighted by Crippen LogP contribution is 2.36. The van der Waals surface area contributed by atoms with Crippen molar-refractivity contribution in [3.8, 4) is 11.5 Å². The highest BCUT2D eigenvalue weighted by Gasteiger charge is 2.29. The van der Waals surface area contributed by atoms with Gasteiger partial charge in [0.25, 0.3) is 15.9 Å². The lowest BCUT2D eigenvalue weighted by Crippen LogP contribution is -2.41. The van der Waals surface area contributed by atoms with Gasteiger partial charge < -0.3 is 19.7 Å². The van der Waals surface area contributed by atoms with Gasteiger partial charge in [0.1, 0.15) is 17.3 Å². The number of carbonyl (C=O) groups is 1. The molecule has 0 radical (unpaired) electrons. The van der Waals surface area contributed by atoms with E-state index in [0.717, 1.165) is 69.0 Å². The van der Waals surface area contributed by atoms with Crippen molar-refractivity contribution >= 4 is 44.6 Å². The van der Waals surface area contributed by atoms with E-state index in [1.54, 1.807) is 18.2 Å². The second-order valence-corrected chi connectivity index (χ2v) is 17.0. The lowest BCUT2D eigenvalue weighted by molar-refractivity contribution is 0.0699. The Morgan fingerprint density at radius 1 is 0.875 bits per heavy atom. The van der Waals surface area contributed by atoms with Gasteiger partial charge in [0.2, 0.25) is 0 Å². The van der Waals surface area contributed by atoms with E-state index in [-0.39, 0.29) is 27.6 Å². The summed E-state index contributed by atoms with van der Waals surface area (Å²) in [6.07, 6.45) is 7.33. The van der Waals surface area contributed by atoms with Crippen LogP contribution in [0, 0.1) is 17.7 Å². The number of halogens is 2. The molecule has 4 aromatic rings. The number of hydrogen-bond acceptors (Lipinski definition) is 10. The van der Waals surface area contributed by atoms with Crippen molar-refractivity contribution in [3.63, 3.8) is 0 Å². The number of amides is 1. The fourth-order valence-electron chi connectivity index (χ4n) is 7.99. The average molecular weight is 806 g/mol.